The lowest BCUT2D eigenvalue weighted by Gasteiger charge is -2.09. The Morgan fingerprint density at radius 2 is 2.00 bits per heavy atom. The average Bonchev–Trinajstić information content (AvgIpc) is 2.80. The first-order chi connectivity index (χ1) is 9.54. The van der Waals surface area contributed by atoms with E-state index < -0.39 is 0 Å². The van der Waals surface area contributed by atoms with Crippen molar-refractivity contribution >= 4 is 5.91 Å². The summed E-state index contributed by atoms with van der Waals surface area (Å²) in [6, 6.07) is 7.18. The van der Waals surface area contributed by atoms with Crippen LogP contribution in [0.4, 0.5) is 0 Å². The number of hydrogen-bond acceptors (Lipinski definition) is 3. The number of hydrazine groups is 1. The van der Waals surface area contributed by atoms with Gasteiger partial charge in [0.2, 0.25) is 0 Å². The Balaban J connectivity index is 2.36. The van der Waals surface area contributed by atoms with Gasteiger partial charge in [0, 0.05) is 24.0 Å². The van der Waals surface area contributed by atoms with E-state index in [1.54, 1.807) is 33.7 Å². The largest absolute Gasteiger partial charge is 0.328 e. The molecule has 1 aromatic carbocycles. The number of nitrogens with one attached hydrogen (secondary N) is 1. The van der Waals surface area contributed by atoms with Gasteiger partial charge in [0.25, 0.3) is 5.91 Å². The maximum atomic E-state index is 12.2. The van der Waals surface area contributed by atoms with E-state index in [0.29, 0.717) is 12.1 Å². The number of hydrogen-bond donors (Lipinski definition) is 2. The number of nitrogens with zero attached hydrogens (tertiary/aromatic N) is 2. The highest BCUT2D eigenvalue weighted by Gasteiger charge is 2.12. The molecule has 6 heteroatoms. The van der Waals surface area contributed by atoms with Crippen molar-refractivity contribution in [2.75, 3.05) is 0 Å². The Morgan fingerprint density at radius 3 is 2.60 bits per heavy atom. The van der Waals surface area contributed by atoms with E-state index in [9.17, 15) is 9.59 Å². The summed E-state index contributed by atoms with van der Waals surface area (Å²) in [5.74, 6) is 4.80. The van der Waals surface area contributed by atoms with Gasteiger partial charge in [-0.1, -0.05) is 18.2 Å². The standard InChI is InChI=1S/C14H18N4O2/c1-10(2)18-8-7-17(14(18)20)9-11-5-3-4-6-12(11)13(19)16-15/h3-8,10H,9,15H2,1-2H3,(H,16,19). The fourth-order valence-electron chi connectivity index (χ4n) is 2.08. The molecule has 0 saturated heterocycles. The molecule has 2 aromatic rings. The van der Waals surface area contributed by atoms with Crippen LogP contribution in [-0.4, -0.2) is 15.0 Å². The molecule has 0 aliphatic carbocycles. The Kier molecular flexibility index (Phi) is 4.05. The first-order valence-electron chi connectivity index (χ1n) is 6.40. The summed E-state index contributed by atoms with van der Waals surface area (Å²) in [7, 11) is 0. The SMILES string of the molecule is CC(C)n1ccn(Cc2ccccc2C(=O)NN)c1=O. The average molecular weight is 274 g/mol. The van der Waals surface area contributed by atoms with Crippen molar-refractivity contribution in [3.8, 4) is 0 Å². The number of nitrogens with two attached hydrogens (primary N) is 1. The zero-order valence-electron chi connectivity index (χ0n) is 11.5. The van der Waals surface area contributed by atoms with Crippen LogP contribution in [0.2, 0.25) is 0 Å². The number of aromatic nitrogens is 2. The van der Waals surface area contributed by atoms with Crippen LogP contribution in [0.15, 0.2) is 41.5 Å². The highest BCUT2D eigenvalue weighted by Crippen LogP contribution is 2.10. The van der Waals surface area contributed by atoms with Crippen molar-refractivity contribution in [1.82, 2.24) is 14.6 Å². The van der Waals surface area contributed by atoms with E-state index in [1.807, 2.05) is 26.0 Å². The lowest BCUT2D eigenvalue weighted by atomic mass is 10.1. The van der Waals surface area contributed by atoms with Gasteiger partial charge in [-0.3, -0.25) is 19.4 Å². The molecular weight excluding hydrogens is 256 g/mol. The maximum Gasteiger partial charge on any atom is 0.328 e. The monoisotopic (exact) mass is 274 g/mol. The van der Waals surface area contributed by atoms with Gasteiger partial charge in [-0.25, -0.2) is 10.6 Å². The number of rotatable bonds is 4. The van der Waals surface area contributed by atoms with Crippen LogP contribution in [0.5, 0.6) is 0 Å². The summed E-state index contributed by atoms with van der Waals surface area (Å²) >= 11 is 0. The third-order valence-electron chi connectivity index (χ3n) is 3.16. The molecule has 0 aliphatic rings. The van der Waals surface area contributed by atoms with E-state index in [1.165, 1.54) is 0 Å². The van der Waals surface area contributed by atoms with E-state index in [-0.39, 0.29) is 17.6 Å². The van der Waals surface area contributed by atoms with Crippen molar-refractivity contribution in [3.05, 3.63) is 58.3 Å². The molecular formula is C14H18N4O2. The third-order valence-corrected chi connectivity index (χ3v) is 3.16. The minimum Gasteiger partial charge on any atom is -0.297 e. The summed E-state index contributed by atoms with van der Waals surface area (Å²) in [5, 5.41) is 0. The summed E-state index contributed by atoms with van der Waals surface area (Å²) in [6.07, 6.45) is 3.47. The molecule has 3 N–H and O–H groups in total. The molecule has 0 spiro atoms. The molecule has 0 unspecified atom stereocenters. The zero-order chi connectivity index (χ0) is 14.7. The lowest BCUT2D eigenvalue weighted by molar-refractivity contribution is 0.0952. The van der Waals surface area contributed by atoms with Crippen molar-refractivity contribution < 1.29 is 4.79 Å². The van der Waals surface area contributed by atoms with Gasteiger partial charge < -0.3 is 0 Å². The van der Waals surface area contributed by atoms with E-state index >= 15 is 0 Å². The van der Waals surface area contributed by atoms with E-state index in [0.717, 1.165) is 5.56 Å². The van der Waals surface area contributed by atoms with E-state index in [2.05, 4.69) is 5.43 Å². The van der Waals surface area contributed by atoms with Crippen LogP contribution in [0.25, 0.3) is 0 Å². The van der Waals surface area contributed by atoms with Crippen molar-refractivity contribution in [2.45, 2.75) is 26.4 Å². The van der Waals surface area contributed by atoms with Gasteiger partial charge in [-0.15, -0.1) is 0 Å². The Bertz CT molecular complexity index is 670. The number of carbonyl (C=O) groups excluding carboxylic acids is 1. The first-order valence-corrected chi connectivity index (χ1v) is 6.40. The summed E-state index contributed by atoms with van der Waals surface area (Å²) in [4.78, 5) is 23.9. The quantitative estimate of drug-likeness (QED) is 0.493. The number of carbonyl (C=O) groups is 1. The second kappa shape index (κ2) is 5.75. The predicted octanol–water partition coefficient (Wildman–Crippen LogP) is 0.883. The van der Waals surface area contributed by atoms with Crippen LogP contribution < -0.4 is 17.0 Å². The number of benzene rings is 1. The summed E-state index contributed by atoms with van der Waals surface area (Å²) < 4.78 is 3.22. The highest BCUT2D eigenvalue weighted by molar-refractivity contribution is 5.95. The number of amides is 1. The third kappa shape index (κ3) is 2.65. The molecule has 0 fully saturated rings. The molecule has 1 heterocycles. The molecule has 0 saturated carbocycles. The van der Waals surface area contributed by atoms with Crippen LogP contribution >= 0.6 is 0 Å². The Morgan fingerprint density at radius 1 is 1.30 bits per heavy atom. The second-order valence-corrected chi connectivity index (χ2v) is 4.84. The molecule has 0 aliphatic heterocycles. The summed E-state index contributed by atoms with van der Waals surface area (Å²) in [5.41, 5.74) is 3.24. The minimum atomic E-state index is -0.364. The normalized spacial score (nSPS) is 10.8. The van der Waals surface area contributed by atoms with Crippen LogP contribution in [-0.2, 0) is 6.54 Å². The smallest absolute Gasteiger partial charge is 0.297 e. The maximum absolute atomic E-state index is 12.2. The minimum absolute atomic E-state index is 0.0945. The lowest BCUT2D eigenvalue weighted by Crippen LogP contribution is -2.31. The predicted molar refractivity (Wildman–Crippen MR) is 76.3 cm³/mol. The highest BCUT2D eigenvalue weighted by atomic mass is 16.2. The molecule has 0 radical (unpaired) electrons. The molecule has 2 rings (SSSR count). The van der Waals surface area contributed by atoms with Crippen LogP contribution in [0.1, 0.15) is 35.8 Å². The second-order valence-electron chi connectivity index (χ2n) is 4.84. The molecule has 1 amide bonds. The van der Waals surface area contributed by atoms with Gasteiger partial charge in [-0.05, 0) is 25.5 Å². The van der Waals surface area contributed by atoms with Gasteiger partial charge in [-0.2, -0.15) is 0 Å². The molecule has 1 aromatic heterocycles. The fourth-order valence-corrected chi connectivity index (χ4v) is 2.08. The van der Waals surface area contributed by atoms with Gasteiger partial charge >= 0.3 is 5.69 Å². The van der Waals surface area contributed by atoms with Gasteiger partial charge in [0.15, 0.2) is 0 Å². The molecule has 106 valence electrons. The van der Waals surface area contributed by atoms with Crippen molar-refractivity contribution in [3.63, 3.8) is 0 Å². The van der Waals surface area contributed by atoms with Crippen LogP contribution in [0.3, 0.4) is 0 Å². The van der Waals surface area contributed by atoms with Crippen molar-refractivity contribution in [1.29, 1.82) is 0 Å². The van der Waals surface area contributed by atoms with Gasteiger partial charge in [0.05, 0.1) is 6.54 Å². The molecule has 6 nitrogen and oxygen atoms in total. The number of imidazole rings is 1. The Hall–Kier alpha value is -2.34. The molecule has 0 bridgehead atoms. The molecule has 0 atom stereocenters. The van der Waals surface area contributed by atoms with Gasteiger partial charge in [0.1, 0.15) is 0 Å². The number of nitrogen functional groups attached to an aromatic ring is 1. The topological polar surface area (TPSA) is 82.1 Å². The first kappa shape index (κ1) is 14.1. The van der Waals surface area contributed by atoms with Crippen LogP contribution in [0, 0.1) is 0 Å². The van der Waals surface area contributed by atoms with Crippen molar-refractivity contribution in [2.24, 2.45) is 5.84 Å². The van der Waals surface area contributed by atoms with E-state index in [4.69, 9.17) is 5.84 Å². The Labute approximate surface area is 116 Å². The summed E-state index contributed by atoms with van der Waals surface area (Å²) in [6.45, 7) is 4.23. The molecule has 20 heavy (non-hydrogen) atoms. The fraction of sp³-hybridized carbons (Fsp3) is 0.286. The zero-order valence-corrected chi connectivity index (χ0v) is 11.5.